The summed E-state index contributed by atoms with van der Waals surface area (Å²) >= 11 is 0. The van der Waals surface area contributed by atoms with E-state index in [0.29, 0.717) is 18.8 Å². The number of hydrogen-bond acceptors (Lipinski definition) is 4. The molecule has 1 fully saturated rings. The van der Waals surface area contributed by atoms with Crippen LogP contribution in [0.25, 0.3) is 6.08 Å². The van der Waals surface area contributed by atoms with Gasteiger partial charge in [-0.25, -0.2) is 0 Å². The minimum atomic E-state index is -0.158. The molecule has 3 rings (SSSR count). The summed E-state index contributed by atoms with van der Waals surface area (Å²) < 4.78 is 16.3. The second-order valence-electron chi connectivity index (χ2n) is 5.28. The first-order chi connectivity index (χ1) is 10.8. The lowest BCUT2D eigenvalue weighted by Gasteiger charge is -2.31. The third kappa shape index (κ3) is 3.21. The number of rotatable bonds is 3. The number of carbonyl (C=O) groups is 1. The molecule has 5 heteroatoms. The number of methoxy groups -OCH3 is 1. The van der Waals surface area contributed by atoms with Crippen LogP contribution < -0.4 is 10.1 Å². The van der Waals surface area contributed by atoms with Crippen LogP contribution in [0.4, 0.5) is 0 Å². The minimum absolute atomic E-state index is 0.0170. The standard InChI is InChI=1S/C17H19NO4/c1-20-16-7-8-21-11-14(16)18-17(19)13-6-9-22-15-5-3-2-4-12(15)10-13/h2-6,9-10,14,16H,7-8,11H2,1H3,(H,18,19)/t14-,16-/m1/s1. The maximum atomic E-state index is 12.5. The van der Waals surface area contributed by atoms with E-state index in [2.05, 4.69) is 5.32 Å². The van der Waals surface area contributed by atoms with Gasteiger partial charge in [-0.05, 0) is 24.6 Å². The third-order valence-electron chi connectivity index (χ3n) is 3.85. The fourth-order valence-corrected chi connectivity index (χ4v) is 2.63. The van der Waals surface area contributed by atoms with Crippen molar-refractivity contribution in [2.75, 3.05) is 20.3 Å². The first-order valence-corrected chi connectivity index (χ1v) is 7.33. The van der Waals surface area contributed by atoms with E-state index in [-0.39, 0.29) is 18.1 Å². The van der Waals surface area contributed by atoms with Gasteiger partial charge in [-0.15, -0.1) is 0 Å². The van der Waals surface area contributed by atoms with Crippen molar-refractivity contribution in [1.82, 2.24) is 5.32 Å². The number of carbonyl (C=O) groups excluding carboxylic acids is 1. The number of amides is 1. The fourth-order valence-electron chi connectivity index (χ4n) is 2.63. The Labute approximate surface area is 129 Å². The molecule has 2 aliphatic heterocycles. The van der Waals surface area contributed by atoms with Gasteiger partial charge in [0.2, 0.25) is 0 Å². The quantitative estimate of drug-likeness (QED) is 0.926. The summed E-state index contributed by atoms with van der Waals surface area (Å²) in [6.07, 6.45) is 5.78. The highest BCUT2D eigenvalue weighted by atomic mass is 16.5. The zero-order valence-electron chi connectivity index (χ0n) is 12.5. The summed E-state index contributed by atoms with van der Waals surface area (Å²) in [5.74, 6) is 0.575. The van der Waals surface area contributed by atoms with Crippen molar-refractivity contribution in [2.45, 2.75) is 18.6 Å². The molecule has 1 amide bonds. The van der Waals surface area contributed by atoms with Gasteiger partial charge in [0, 0.05) is 24.9 Å². The Balaban J connectivity index is 1.76. The lowest BCUT2D eigenvalue weighted by molar-refractivity contribution is -0.121. The summed E-state index contributed by atoms with van der Waals surface area (Å²) in [6.45, 7) is 1.13. The van der Waals surface area contributed by atoms with Crippen LogP contribution in [-0.2, 0) is 14.3 Å². The lowest BCUT2D eigenvalue weighted by atomic mass is 10.0. The third-order valence-corrected chi connectivity index (χ3v) is 3.85. The number of hydrogen-bond donors (Lipinski definition) is 1. The van der Waals surface area contributed by atoms with Crippen LogP contribution in [0.2, 0.25) is 0 Å². The highest BCUT2D eigenvalue weighted by Gasteiger charge is 2.27. The van der Waals surface area contributed by atoms with Crippen LogP contribution in [-0.4, -0.2) is 38.4 Å². The molecule has 1 aromatic carbocycles. The van der Waals surface area contributed by atoms with Gasteiger partial charge >= 0.3 is 0 Å². The Kier molecular flexibility index (Phi) is 4.56. The summed E-state index contributed by atoms with van der Waals surface area (Å²) in [7, 11) is 1.66. The highest BCUT2D eigenvalue weighted by Crippen LogP contribution is 2.24. The Hall–Kier alpha value is -2.11. The van der Waals surface area contributed by atoms with Gasteiger partial charge in [-0.1, -0.05) is 18.2 Å². The number of fused-ring (bicyclic) bond motifs is 1. The van der Waals surface area contributed by atoms with E-state index >= 15 is 0 Å². The average molecular weight is 301 g/mol. The summed E-state index contributed by atoms with van der Waals surface area (Å²) in [5.41, 5.74) is 1.42. The average Bonchev–Trinajstić information content (AvgIpc) is 2.77. The molecule has 2 aliphatic rings. The molecule has 2 heterocycles. The van der Waals surface area contributed by atoms with E-state index in [1.807, 2.05) is 30.3 Å². The molecule has 1 N–H and O–H groups in total. The summed E-state index contributed by atoms with van der Waals surface area (Å²) in [4.78, 5) is 12.5. The molecule has 0 unspecified atom stereocenters. The first-order valence-electron chi connectivity index (χ1n) is 7.33. The largest absolute Gasteiger partial charge is 0.464 e. The molecule has 0 bridgehead atoms. The second kappa shape index (κ2) is 6.77. The van der Waals surface area contributed by atoms with Crippen molar-refractivity contribution >= 4 is 12.0 Å². The van der Waals surface area contributed by atoms with Crippen molar-refractivity contribution in [3.05, 3.63) is 47.7 Å². The number of nitrogens with one attached hydrogen (secondary N) is 1. The van der Waals surface area contributed by atoms with Crippen LogP contribution in [0.3, 0.4) is 0 Å². The first kappa shape index (κ1) is 14.8. The normalized spacial score (nSPS) is 23.8. The van der Waals surface area contributed by atoms with Crippen LogP contribution in [0, 0.1) is 0 Å². The monoisotopic (exact) mass is 301 g/mol. The molecule has 0 aliphatic carbocycles. The predicted molar refractivity (Wildman–Crippen MR) is 82.4 cm³/mol. The SMILES string of the molecule is CO[C@@H]1CCOC[C@H]1NC(=O)C1=Cc2ccccc2OC=C1. The van der Waals surface area contributed by atoms with Crippen molar-refractivity contribution in [3.8, 4) is 5.75 Å². The minimum Gasteiger partial charge on any atom is -0.464 e. The molecule has 0 saturated carbocycles. The van der Waals surface area contributed by atoms with Crippen molar-refractivity contribution < 1.29 is 19.0 Å². The second-order valence-corrected chi connectivity index (χ2v) is 5.28. The van der Waals surface area contributed by atoms with E-state index in [0.717, 1.165) is 17.7 Å². The topological polar surface area (TPSA) is 56.8 Å². The molecular weight excluding hydrogens is 282 g/mol. The maximum Gasteiger partial charge on any atom is 0.251 e. The number of benzene rings is 1. The number of para-hydroxylation sites is 1. The molecule has 0 radical (unpaired) electrons. The van der Waals surface area contributed by atoms with Gasteiger partial charge in [0.1, 0.15) is 5.75 Å². The van der Waals surface area contributed by atoms with Gasteiger partial charge in [0.25, 0.3) is 5.91 Å². The molecule has 2 atom stereocenters. The van der Waals surface area contributed by atoms with E-state index in [4.69, 9.17) is 14.2 Å². The van der Waals surface area contributed by atoms with Crippen molar-refractivity contribution in [2.24, 2.45) is 0 Å². The van der Waals surface area contributed by atoms with Crippen LogP contribution in [0.15, 0.2) is 42.2 Å². The molecule has 1 aromatic rings. The van der Waals surface area contributed by atoms with Crippen molar-refractivity contribution in [3.63, 3.8) is 0 Å². The van der Waals surface area contributed by atoms with Gasteiger partial charge < -0.3 is 19.5 Å². The van der Waals surface area contributed by atoms with Crippen molar-refractivity contribution in [1.29, 1.82) is 0 Å². The van der Waals surface area contributed by atoms with Crippen LogP contribution >= 0.6 is 0 Å². The smallest absolute Gasteiger partial charge is 0.251 e. The van der Waals surface area contributed by atoms with E-state index in [9.17, 15) is 4.79 Å². The van der Waals surface area contributed by atoms with Gasteiger partial charge in [-0.3, -0.25) is 4.79 Å². The van der Waals surface area contributed by atoms with Crippen LogP contribution in [0.1, 0.15) is 12.0 Å². The highest BCUT2D eigenvalue weighted by molar-refractivity contribution is 6.01. The Bertz CT molecular complexity index is 608. The zero-order chi connectivity index (χ0) is 15.4. The Morgan fingerprint density at radius 1 is 1.36 bits per heavy atom. The number of ether oxygens (including phenoxy) is 3. The van der Waals surface area contributed by atoms with E-state index in [1.165, 1.54) is 6.26 Å². The lowest BCUT2D eigenvalue weighted by Crippen LogP contribution is -2.50. The molecule has 5 nitrogen and oxygen atoms in total. The molecular formula is C17H19NO4. The summed E-state index contributed by atoms with van der Waals surface area (Å²) in [6, 6.07) is 7.45. The van der Waals surface area contributed by atoms with Gasteiger partial charge in [0.15, 0.2) is 0 Å². The van der Waals surface area contributed by atoms with E-state index in [1.54, 1.807) is 13.2 Å². The van der Waals surface area contributed by atoms with E-state index < -0.39 is 0 Å². The molecule has 0 aromatic heterocycles. The van der Waals surface area contributed by atoms with Gasteiger partial charge in [0.05, 0.1) is 25.0 Å². The predicted octanol–water partition coefficient (Wildman–Crippen LogP) is 1.90. The van der Waals surface area contributed by atoms with Gasteiger partial charge in [-0.2, -0.15) is 0 Å². The molecule has 1 saturated heterocycles. The fraction of sp³-hybridized carbons (Fsp3) is 0.353. The maximum absolute atomic E-state index is 12.5. The Morgan fingerprint density at radius 3 is 3.09 bits per heavy atom. The zero-order valence-corrected chi connectivity index (χ0v) is 12.5. The molecule has 116 valence electrons. The summed E-state index contributed by atoms with van der Waals surface area (Å²) in [5, 5.41) is 2.98. The molecule has 0 spiro atoms. The molecule has 22 heavy (non-hydrogen) atoms. The van der Waals surface area contributed by atoms with Crippen LogP contribution in [0.5, 0.6) is 5.75 Å². The Morgan fingerprint density at radius 2 is 2.23 bits per heavy atom.